The van der Waals surface area contributed by atoms with Crippen LogP contribution in [0.1, 0.15) is 24.1 Å². The Morgan fingerprint density at radius 1 is 1.19 bits per heavy atom. The molecule has 7 nitrogen and oxygen atoms in total. The molecule has 1 saturated heterocycles. The van der Waals surface area contributed by atoms with Gasteiger partial charge < -0.3 is 20.1 Å². The summed E-state index contributed by atoms with van der Waals surface area (Å²) in [6, 6.07) is 5.99. The average Bonchev–Trinajstić information content (AvgIpc) is 3.32. The van der Waals surface area contributed by atoms with Gasteiger partial charge in [0.15, 0.2) is 11.5 Å². The number of fused-ring (bicyclic) bond motifs is 1. The van der Waals surface area contributed by atoms with Crippen molar-refractivity contribution in [3.63, 3.8) is 0 Å². The van der Waals surface area contributed by atoms with Crippen LogP contribution in [0.15, 0.2) is 18.2 Å². The molecule has 0 unspecified atom stereocenters. The number of aryl methyl sites for hydroxylation is 1. The molecule has 27 heavy (non-hydrogen) atoms. The van der Waals surface area contributed by atoms with E-state index in [4.69, 9.17) is 9.47 Å². The van der Waals surface area contributed by atoms with Crippen molar-refractivity contribution in [3.05, 3.63) is 29.5 Å². The SMILES string of the molecule is CNc1cc(C)nc(Nc2cc3c(c(OCCN4CCCC4)c2)OCC3)n1. The Hall–Kier alpha value is -2.54. The second-order valence-corrected chi connectivity index (χ2v) is 7.05. The number of hydrogen-bond donors (Lipinski definition) is 2. The van der Waals surface area contributed by atoms with Crippen molar-refractivity contribution in [2.75, 3.05) is 50.5 Å². The van der Waals surface area contributed by atoms with Crippen molar-refractivity contribution in [1.29, 1.82) is 0 Å². The molecule has 0 amide bonds. The molecule has 0 bridgehead atoms. The van der Waals surface area contributed by atoms with Gasteiger partial charge in [-0.15, -0.1) is 0 Å². The molecule has 1 aromatic heterocycles. The summed E-state index contributed by atoms with van der Waals surface area (Å²) in [7, 11) is 1.85. The normalized spacial score (nSPS) is 16.1. The highest BCUT2D eigenvalue weighted by Gasteiger charge is 2.20. The van der Waals surface area contributed by atoms with Gasteiger partial charge in [-0.25, -0.2) is 4.98 Å². The fourth-order valence-electron chi connectivity index (χ4n) is 3.62. The summed E-state index contributed by atoms with van der Waals surface area (Å²) in [6.45, 7) is 6.64. The molecule has 0 atom stereocenters. The molecule has 0 saturated carbocycles. The molecule has 2 aliphatic heterocycles. The van der Waals surface area contributed by atoms with E-state index >= 15 is 0 Å². The smallest absolute Gasteiger partial charge is 0.229 e. The van der Waals surface area contributed by atoms with Gasteiger partial charge >= 0.3 is 0 Å². The number of rotatable bonds is 7. The molecule has 2 aromatic rings. The highest BCUT2D eigenvalue weighted by molar-refractivity contribution is 5.64. The average molecular weight is 369 g/mol. The number of nitrogens with one attached hydrogen (secondary N) is 2. The second kappa shape index (κ2) is 8.00. The minimum Gasteiger partial charge on any atom is -0.489 e. The lowest BCUT2D eigenvalue weighted by atomic mass is 10.1. The lowest BCUT2D eigenvalue weighted by molar-refractivity contribution is 0.229. The fourth-order valence-corrected chi connectivity index (χ4v) is 3.62. The van der Waals surface area contributed by atoms with Gasteiger partial charge in [-0.2, -0.15) is 4.98 Å². The van der Waals surface area contributed by atoms with E-state index in [0.717, 1.165) is 47.2 Å². The van der Waals surface area contributed by atoms with Crippen LogP contribution in [0.2, 0.25) is 0 Å². The summed E-state index contributed by atoms with van der Waals surface area (Å²) in [4.78, 5) is 11.4. The Kier molecular flexibility index (Phi) is 5.29. The first-order chi connectivity index (χ1) is 13.2. The third kappa shape index (κ3) is 4.24. The van der Waals surface area contributed by atoms with Crippen LogP contribution in [-0.2, 0) is 6.42 Å². The maximum atomic E-state index is 6.10. The van der Waals surface area contributed by atoms with Gasteiger partial charge in [0.05, 0.1) is 6.61 Å². The summed E-state index contributed by atoms with van der Waals surface area (Å²) >= 11 is 0. The fraction of sp³-hybridized carbons (Fsp3) is 0.500. The van der Waals surface area contributed by atoms with Crippen LogP contribution in [0.5, 0.6) is 11.5 Å². The van der Waals surface area contributed by atoms with Crippen LogP contribution < -0.4 is 20.1 Å². The standard InChI is InChI=1S/C20H27N5O2/c1-14-11-18(21-2)24-20(22-14)23-16-12-15-5-9-27-19(15)17(13-16)26-10-8-25-6-3-4-7-25/h11-13H,3-10H2,1-2H3,(H2,21,22,23,24). The van der Waals surface area contributed by atoms with E-state index in [1.807, 2.05) is 26.1 Å². The number of ether oxygens (including phenoxy) is 2. The number of hydrogen-bond acceptors (Lipinski definition) is 7. The Balaban J connectivity index is 1.50. The summed E-state index contributed by atoms with van der Waals surface area (Å²) in [5.41, 5.74) is 2.99. The summed E-state index contributed by atoms with van der Waals surface area (Å²) < 4.78 is 11.9. The molecule has 0 radical (unpaired) electrons. The Morgan fingerprint density at radius 2 is 2.04 bits per heavy atom. The van der Waals surface area contributed by atoms with E-state index in [2.05, 4.69) is 31.6 Å². The van der Waals surface area contributed by atoms with Crippen molar-refractivity contribution in [1.82, 2.24) is 14.9 Å². The summed E-state index contributed by atoms with van der Waals surface area (Å²) in [6.07, 6.45) is 3.48. The van der Waals surface area contributed by atoms with Crippen molar-refractivity contribution in [2.45, 2.75) is 26.2 Å². The molecule has 7 heteroatoms. The Morgan fingerprint density at radius 3 is 2.85 bits per heavy atom. The molecule has 3 heterocycles. The molecule has 1 fully saturated rings. The van der Waals surface area contributed by atoms with Gasteiger partial charge in [0, 0.05) is 49.1 Å². The van der Waals surface area contributed by atoms with Gasteiger partial charge in [0.1, 0.15) is 12.4 Å². The number of likely N-dealkylation sites (tertiary alicyclic amines) is 1. The third-order valence-electron chi connectivity index (χ3n) is 4.98. The zero-order valence-corrected chi connectivity index (χ0v) is 16.0. The van der Waals surface area contributed by atoms with Crippen LogP contribution in [-0.4, -0.2) is 54.8 Å². The molecule has 2 aliphatic rings. The van der Waals surface area contributed by atoms with E-state index in [9.17, 15) is 0 Å². The van der Waals surface area contributed by atoms with E-state index in [0.29, 0.717) is 19.2 Å². The molecular weight excluding hydrogens is 342 g/mol. The van der Waals surface area contributed by atoms with Crippen molar-refractivity contribution < 1.29 is 9.47 Å². The third-order valence-corrected chi connectivity index (χ3v) is 4.98. The minimum atomic E-state index is 0.571. The minimum absolute atomic E-state index is 0.571. The topological polar surface area (TPSA) is 71.5 Å². The molecule has 0 aliphatic carbocycles. The Labute approximate surface area is 160 Å². The van der Waals surface area contributed by atoms with Gasteiger partial charge in [0.2, 0.25) is 5.95 Å². The zero-order valence-electron chi connectivity index (χ0n) is 16.0. The number of benzene rings is 1. The molecule has 0 spiro atoms. The number of nitrogens with zero attached hydrogens (tertiary/aromatic N) is 3. The maximum Gasteiger partial charge on any atom is 0.229 e. The molecule has 1 aromatic carbocycles. The highest BCUT2D eigenvalue weighted by Crippen LogP contribution is 2.39. The molecule has 144 valence electrons. The first-order valence-electron chi connectivity index (χ1n) is 9.66. The molecule has 2 N–H and O–H groups in total. The largest absolute Gasteiger partial charge is 0.489 e. The summed E-state index contributed by atoms with van der Waals surface area (Å²) in [5.74, 6) is 3.04. The van der Waals surface area contributed by atoms with Crippen LogP contribution >= 0.6 is 0 Å². The predicted octanol–water partition coefficient (Wildman–Crippen LogP) is 2.98. The molecule has 4 rings (SSSR count). The Bertz CT molecular complexity index is 805. The van der Waals surface area contributed by atoms with Gasteiger partial charge in [-0.1, -0.05) is 0 Å². The summed E-state index contributed by atoms with van der Waals surface area (Å²) in [5, 5.41) is 6.37. The van der Waals surface area contributed by atoms with Crippen LogP contribution in [0.4, 0.5) is 17.5 Å². The van der Waals surface area contributed by atoms with Crippen LogP contribution in [0.25, 0.3) is 0 Å². The van der Waals surface area contributed by atoms with E-state index in [-0.39, 0.29) is 0 Å². The van der Waals surface area contributed by atoms with Gasteiger partial charge in [0.25, 0.3) is 0 Å². The zero-order chi connectivity index (χ0) is 18.6. The van der Waals surface area contributed by atoms with E-state index in [1.54, 1.807) is 0 Å². The number of anilines is 3. The lowest BCUT2D eigenvalue weighted by Crippen LogP contribution is -2.25. The van der Waals surface area contributed by atoms with Crippen molar-refractivity contribution >= 4 is 17.5 Å². The maximum absolute atomic E-state index is 6.10. The van der Waals surface area contributed by atoms with Gasteiger partial charge in [-0.05, 0) is 38.9 Å². The number of aromatic nitrogens is 2. The first-order valence-corrected chi connectivity index (χ1v) is 9.66. The first kappa shape index (κ1) is 17.9. The van der Waals surface area contributed by atoms with Crippen LogP contribution in [0.3, 0.4) is 0 Å². The quantitative estimate of drug-likeness (QED) is 0.777. The lowest BCUT2D eigenvalue weighted by Gasteiger charge is -2.17. The predicted molar refractivity (Wildman–Crippen MR) is 106 cm³/mol. The van der Waals surface area contributed by atoms with E-state index in [1.165, 1.54) is 25.9 Å². The van der Waals surface area contributed by atoms with Crippen LogP contribution in [0, 0.1) is 6.92 Å². The van der Waals surface area contributed by atoms with E-state index < -0.39 is 0 Å². The van der Waals surface area contributed by atoms with Gasteiger partial charge in [-0.3, -0.25) is 4.90 Å². The monoisotopic (exact) mass is 369 g/mol. The second-order valence-electron chi connectivity index (χ2n) is 7.05. The highest BCUT2D eigenvalue weighted by atomic mass is 16.5. The van der Waals surface area contributed by atoms with Crippen molar-refractivity contribution in [2.24, 2.45) is 0 Å². The molecular formula is C20H27N5O2. The van der Waals surface area contributed by atoms with Crippen molar-refractivity contribution in [3.8, 4) is 11.5 Å².